The molecule has 4 nitrogen and oxygen atoms in total. The van der Waals surface area contributed by atoms with Crippen LogP contribution in [0, 0.1) is 6.92 Å². The van der Waals surface area contributed by atoms with Gasteiger partial charge < -0.3 is 9.97 Å². The fourth-order valence-electron chi connectivity index (χ4n) is 4.65. The first-order chi connectivity index (χ1) is 15.4. The number of nitrogens with one attached hydrogen (secondary N) is 2. The third kappa shape index (κ3) is 4.05. The monoisotopic (exact) mass is 438 g/mol. The molecule has 0 bridgehead atoms. The van der Waals surface area contributed by atoms with Gasteiger partial charge in [-0.2, -0.15) is 13.2 Å². The Morgan fingerprint density at radius 1 is 1.03 bits per heavy atom. The van der Waals surface area contributed by atoms with Gasteiger partial charge in [-0.3, -0.25) is 4.90 Å². The van der Waals surface area contributed by atoms with E-state index in [-0.39, 0.29) is 0 Å². The summed E-state index contributed by atoms with van der Waals surface area (Å²) in [6, 6.07) is 13.6. The minimum Gasteiger partial charge on any atom is -0.361 e. The maximum Gasteiger partial charge on any atom is 0.416 e. The third-order valence-corrected chi connectivity index (χ3v) is 6.49. The molecule has 166 valence electrons. The van der Waals surface area contributed by atoms with Crippen molar-refractivity contribution >= 4 is 10.9 Å². The molecule has 1 aliphatic rings. The van der Waals surface area contributed by atoms with Crippen molar-refractivity contribution in [2.75, 3.05) is 13.1 Å². The highest BCUT2D eigenvalue weighted by molar-refractivity contribution is 5.83. The number of nitrogens with zero attached hydrogens (tertiary/aromatic N) is 2. The average molecular weight is 438 g/mol. The summed E-state index contributed by atoms with van der Waals surface area (Å²) in [5, 5.41) is 1.32. The lowest BCUT2D eigenvalue weighted by Crippen LogP contribution is -2.32. The lowest BCUT2D eigenvalue weighted by Gasteiger charge is -2.31. The molecule has 0 aliphatic carbocycles. The highest BCUT2D eigenvalue weighted by Gasteiger charge is 2.30. The van der Waals surface area contributed by atoms with Crippen molar-refractivity contribution in [1.29, 1.82) is 0 Å². The summed E-state index contributed by atoms with van der Waals surface area (Å²) in [4.78, 5) is 13.7. The summed E-state index contributed by atoms with van der Waals surface area (Å²) in [7, 11) is 0. The van der Waals surface area contributed by atoms with Gasteiger partial charge in [0.25, 0.3) is 0 Å². The Hall–Kier alpha value is -3.06. The van der Waals surface area contributed by atoms with E-state index in [1.54, 1.807) is 0 Å². The van der Waals surface area contributed by atoms with Crippen LogP contribution in [0.2, 0.25) is 0 Å². The van der Waals surface area contributed by atoms with Crippen molar-refractivity contribution < 1.29 is 13.2 Å². The van der Waals surface area contributed by atoms with Crippen molar-refractivity contribution in [1.82, 2.24) is 19.9 Å². The second kappa shape index (κ2) is 8.13. The Morgan fingerprint density at radius 3 is 2.47 bits per heavy atom. The normalized spacial score (nSPS) is 16.1. The van der Waals surface area contributed by atoms with Crippen LogP contribution in [0.5, 0.6) is 0 Å². The van der Waals surface area contributed by atoms with E-state index in [0.29, 0.717) is 17.3 Å². The lowest BCUT2D eigenvalue weighted by molar-refractivity contribution is -0.137. The molecule has 5 rings (SSSR count). The van der Waals surface area contributed by atoms with Crippen LogP contribution in [0.1, 0.15) is 41.3 Å². The predicted molar refractivity (Wildman–Crippen MR) is 119 cm³/mol. The molecular weight excluding hydrogens is 413 g/mol. The maximum absolute atomic E-state index is 12.8. The van der Waals surface area contributed by atoms with E-state index in [1.807, 2.05) is 6.92 Å². The zero-order valence-electron chi connectivity index (χ0n) is 17.8. The van der Waals surface area contributed by atoms with Gasteiger partial charge in [-0.1, -0.05) is 30.3 Å². The van der Waals surface area contributed by atoms with Gasteiger partial charge in [-0.05, 0) is 62.5 Å². The predicted octanol–water partition coefficient (Wildman–Crippen LogP) is 6.26. The summed E-state index contributed by atoms with van der Waals surface area (Å²) in [5.74, 6) is 1.16. The number of benzene rings is 2. The van der Waals surface area contributed by atoms with Gasteiger partial charge in [0.05, 0.1) is 11.3 Å². The van der Waals surface area contributed by atoms with Crippen LogP contribution in [0.4, 0.5) is 13.2 Å². The standard InChI is InChI=1S/C25H25F3N4/c1-16-23(31-24(30-16)18-6-8-19(9-7-18)25(26,27)28)15-32-12-10-17(11-13-32)21-14-29-22-5-3-2-4-20(21)22/h2-9,14,17,29H,10-13,15H2,1H3,(H,30,31). The van der Waals surface area contributed by atoms with E-state index >= 15 is 0 Å². The van der Waals surface area contributed by atoms with Crippen LogP contribution < -0.4 is 0 Å². The van der Waals surface area contributed by atoms with Crippen LogP contribution in [0.3, 0.4) is 0 Å². The fourth-order valence-corrected chi connectivity index (χ4v) is 4.65. The average Bonchev–Trinajstić information content (AvgIpc) is 3.38. The number of rotatable bonds is 4. The molecule has 2 aromatic carbocycles. The number of para-hydroxylation sites is 1. The number of fused-ring (bicyclic) bond motifs is 1. The van der Waals surface area contributed by atoms with E-state index in [0.717, 1.165) is 56.0 Å². The maximum atomic E-state index is 12.8. The molecule has 4 aromatic rings. The molecule has 1 fully saturated rings. The minimum absolute atomic E-state index is 0.547. The summed E-state index contributed by atoms with van der Waals surface area (Å²) in [6.45, 7) is 4.69. The number of aryl methyl sites for hydroxylation is 1. The smallest absolute Gasteiger partial charge is 0.361 e. The minimum atomic E-state index is -4.33. The van der Waals surface area contributed by atoms with Crippen molar-refractivity contribution in [3.63, 3.8) is 0 Å². The second-order valence-corrected chi connectivity index (χ2v) is 8.57. The van der Waals surface area contributed by atoms with Gasteiger partial charge in [0.15, 0.2) is 0 Å². The van der Waals surface area contributed by atoms with Gasteiger partial charge >= 0.3 is 6.18 Å². The van der Waals surface area contributed by atoms with Gasteiger partial charge in [0.2, 0.25) is 0 Å². The Bertz CT molecular complexity index is 1210. The number of imidazole rings is 1. The molecule has 32 heavy (non-hydrogen) atoms. The van der Waals surface area contributed by atoms with Crippen molar-refractivity contribution in [2.45, 2.75) is 38.4 Å². The third-order valence-electron chi connectivity index (χ3n) is 6.49. The topological polar surface area (TPSA) is 47.7 Å². The molecule has 2 N–H and O–H groups in total. The summed E-state index contributed by atoms with van der Waals surface area (Å²) < 4.78 is 38.4. The molecule has 3 heterocycles. The first kappa shape index (κ1) is 20.8. The Labute approximate surface area is 184 Å². The van der Waals surface area contributed by atoms with E-state index < -0.39 is 11.7 Å². The number of likely N-dealkylation sites (tertiary alicyclic amines) is 1. The van der Waals surface area contributed by atoms with Gasteiger partial charge in [0, 0.05) is 34.9 Å². The van der Waals surface area contributed by atoms with E-state index in [4.69, 9.17) is 4.98 Å². The molecular formula is C25H25F3N4. The zero-order chi connectivity index (χ0) is 22.3. The zero-order valence-corrected chi connectivity index (χ0v) is 17.8. The van der Waals surface area contributed by atoms with Crippen LogP contribution in [-0.2, 0) is 12.7 Å². The van der Waals surface area contributed by atoms with Crippen LogP contribution in [0.25, 0.3) is 22.3 Å². The fraction of sp³-hybridized carbons (Fsp3) is 0.320. The molecule has 0 unspecified atom stereocenters. The van der Waals surface area contributed by atoms with Gasteiger partial charge in [0.1, 0.15) is 5.82 Å². The number of aromatic nitrogens is 3. The molecule has 0 spiro atoms. The summed E-state index contributed by atoms with van der Waals surface area (Å²) in [5.41, 5.74) is 4.51. The summed E-state index contributed by atoms with van der Waals surface area (Å²) >= 11 is 0. The van der Waals surface area contributed by atoms with E-state index in [9.17, 15) is 13.2 Å². The quantitative estimate of drug-likeness (QED) is 0.395. The molecule has 0 amide bonds. The Balaban J connectivity index is 1.24. The molecule has 0 atom stereocenters. The van der Waals surface area contributed by atoms with Gasteiger partial charge in [-0.15, -0.1) is 0 Å². The highest BCUT2D eigenvalue weighted by Crippen LogP contribution is 2.34. The number of piperidine rings is 1. The Morgan fingerprint density at radius 2 is 1.75 bits per heavy atom. The molecule has 0 saturated carbocycles. The van der Waals surface area contributed by atoms with E-state index in [1.165, 1.54) is 28.6 Å². The van der Waals surface area contributed by atoms with Crippen molar-refractivity contribution in [3.05, 3.63) is 77.2 Å². The molecule has 7 heteroatoms. The Kier molecular flexibility index (Phi) is 5.29. The van der Waals surface area contributed by atoms with Crippen LogP contribution in [0.15, 0.2) is 54.7 Å². The van der Waals surface area contributed by atoms with Crippen LogP contribution in [-0.4, -0.2) is 32.9 Å². The number of halogens is 3. The van der Waals surface area contributed by atoms with Crippen LogP contribution >= 0.6 is 0 Å². The summed E-state index contributed by atoms with van der Waals surface area (Å²) in [6.07, 6.45) is 0.00885. The van der Waals surface area contributed by atoms with Crippen molar-refractivity contribution in [2.24, 2.45) is 0 Å². The molecule has 1 aliphatic heterocycles. The molecule has 2 aromatic heterocycles. The van der Waals surface area contributed by atoms with Gasteiger partial charge in [-0.25, -0.2) is 4.98 Å². The highest BCUT2D eigenvalue weighted by atomic mass is 19.4. The first-order valence-electron chi connectivity index (χ1n) is 10.9. The number of hydrogen-bond donors (Lipinski definition) is 2. The van der Waals surface area contributed by atoms with Crippen molar-refractivity contribution in [3.8, 4) is 11.4 Å². The number of hydrogen-bond acceptors (Lipinski definition) is 2. The SMILES string of the molecule is Cc1[nH]c(-c2ccc(C(F)(F)F)cc2)nc1CN1CCC(c2c[nH]c3ccccc23)CC1. The number of aromatic amines is 2. The molecule has 0 radical (unpaired) electrons. The van der Waals surface area contributed by atoms with E-state index in [2.05, 4.69) is 45.3 Å². The number of H-pyrrole nitrogens is 2. The molecule has 1 saturated heterocycles. The second-order valence-electron chi connectivity index (χ2n) is 8.57. The lowest BCUT2D eigenvalue weighted by atomic mass is 9.89. The largest absolute Gasteiger partial charge is 0.416 e. The first-order valence-corrected chi connectivity index (χ1v) is 10.9. The number of alkyl halides is 3.